The van der Waals surface area contributed by atoms with Gasteiger partial charge in [0.25, 0.3) is 0 Å². The van der Waals surface area contributed by atoms with Gasteiger partial charge in [0, 0.05) is 19.3 Å². The third kappa shape index (κ3) is 38.9. The molecule has 0 aromatic carbocycles. The van der Waals surface area contributed by atoms with E-state index in [-0.39, 0.29) is 31.1 Å². The zero-order valence-corrected chi connectivity index (χ0v) is 34.3. The fraction of sp³-hybridized carbons (Fsp3) is 0.804. The summed E-state index contributed by atoms with van der Waals surface area (Å²) in [6.07, 6.45) is 46.0. The van der Waals surface area contributed by atoms with Crippen LogP contribution < -0.4 is 0 Å². The first-order valence-corrected chi connectivity index (χ1v) is 22.0. The normalized spacial score (nSPS) is 12.3. The molecule has 6 nitrogen and oxygen atoms in total. The molecule has 0 fully saturated rings. The Bertz CT molecular complexity index is 891. The number of carbonyl (C=O) groups is 3. The molecule has 0 spiro atoms. The van der Waals surface area contributed by atoms with E-state index < -0.39 is 6.10 Å². The van der Waals surface area contributed by atoms with E-state index in [0.29, 0.717) is 19.3 Å². The molecule has 0 aliphatic heterocycles. The van der Waals surface area contributed by atoms with Crippen LogP contribution in [-0.2, 0) is 28.6 Å². The summed E-state index contributed by atoms with van der Waals surface area (Å²) in [4.78, 5) is 37.3. The van der Waals surface area contributed by atoms with Crippen LogP contribution in [0.5, 0.6) is 0 Å². The maximum atomic E-state index is 12.6. The predicted octanol–water partition coefficient (Wildman–Crippen LogP) is 13.8. The van der Waals surface area contributed by atoms with Crippen molar-refractivity contribution < 1.29 is 28.6 Å². The van der Waals surface area contributed by atoms with Gasteiger partial charge in [-0.25, -0.2) is 0 Å². The number of allylic oxidation sites excluding steroid dienone is 6. The number of carbonyl (C=O) groups excluding carboxylic acids is 3. The molecule has 52 heavy (non-hydrogen) atoms. The third-order valence-electron chi connectivity index (χ3n) is 9.40. The van der Waals surface area contributed by atoms with Gasteiger partial charge in [-0.05, 0) is 57.8 Å². The molecule has 302 valence electrons. The first-order valence-electron chi connectivity index (χ1n) is 22.0. The topological polar surface area (TPSA) is 78.9 Å². The highest BCUT2D eigenvalue weighted by molar-refractivity contribution is 5.71. The number of rotatable bonds is 39. The van der Waals surface area contributed by atoms with Crippen LogP contribution in [-0.4, -0.2) is 37.2 Å². The first-order chi connectivity index (χ1) is 25.5. The van der Waals surface area contributed by atoms with Crippen molar-refractivity contribution in [1.82, 2.24) is 0 Å². The second-order valence-electron chi connectivity index (χ2n) is 14.6. The molecule has 0 aromatic heterocycles. The molecule has 0 N–H and O–H groups in total. The SMILES string of the molecule is CCCCCCC/C=C\C/C=C\C/C=C\CCCCCCCCC(=O)OCC(COC(=O)CCCCCCC)OC(=O)CCCCCCCCCC. The maximum Gasteiger partial charge on any atom is 0.306 e. The van der Waals surface area contributed by atoms with Crippen LogP contribution in [0.2, 0.25) is 0 Å². The minimum Gasteiger partial charge on any atom is -0.462 e. The highest BCUT2D eigenvalue weighted by atomic mass is 16.6. The third-order valence-corrected chi connectivity index (χ3v) is 9.40. The van der Waals surface area contributed by atoms with E-state index in [1.165, 1.54) is 96.3 Å². The number of esters is 3. The predicted molar refractivity (Wildman–Crippen MR) is 219 cm³/mol. The van der Waals surface area contributed by atoms with E-state index in [9.17, 15) is 14.4 Å². The Morgan fingerprint density at radius 2 is 0.692 bits per heavy atom. The van der Waals surface area contributed by atoms with Gasteiger partial charge in [0.1, 0.15) is 13.2 Å². The molecule has 0 radical (unpaired) electrons. The van der Waals surface area contributed by atoms with Crippen molar-refractivity contribution in [2.75, 3.05) is 13.2 Å². The Kier molecular flexibility index (Phi) is 39.5. The summed E-state index contributed by atoms with van der Waals surface area (Å²) in [6, 6.07) is 0. The molecule has 0 aliphatic rings. The minimum atomic E-state index is -0.767. The molecule has 1 unspecified atom stereocenters. The Hall–Kier alpha value is -2.37. The zero-order valence-electron chi connectivity index (χ0n) is 34.3. The van der Waals surface area contributed by atoms with E-state index in [0.717, 1.165) is 83.5 Å². The molecule has 0 aliphatic carbocycles. The van der Waals surface area contributed by atoms with Gasteiger partial charge in [0.15, 0.2) is 6.10 Å². The van der Waals surface area contributed by atoms with Crippen molar-refractivity contribution in [1.29, 1.82) is 0 Å². The standard InChI is InChI=1S/C46H82O6/c1-4-7-10-13-15-17-18-19-20-21-22-23-24-25-26-27-28-29-31-33-36-39-45(48)51-42-43(41-50-44(47)38-35-32-12-9-6-3)52-46(49)40-37-34-30-16-14-11-8-5-2/h18-19,21-22,24-25,43H,4-17,20,23,26-42H2,1-3H3/b19-18-,22-21-,25-24-. The van der Waals surface area contributed by atoms with Crippen LogP contribution in [0.4, 0.5) is 0 Å². The molecular formula is C46H82O6. The van der Waals surface area contributed by atoms with Gasteiger partial charge in [-0.3, -0.25) is 14.4 Å². The van der Waals surface area contributed by atoms with E-state index >= 15 is 0 Å². The summed E-state index contributed by atoms with van der Waals surface area (Å²) in [5, 5.41) is 0. The molecular weight excluding hydrogens is 649 g/mol. The summed E-state index contributed by atoms with van der Waals surface area (Å²) in [7, 11) is 0. The number of hydrogen-bond donors (Lipinski definition) is 0. The van der Waals surface area contributed by atoms with Crippen LogP contribution in [0.3, 0.4) is 0 Å². The molecule has 0 amide bonds. The van der Waals surface area contributed by atoms with Crippen LogP contribution >= 0.6 is 0 Å². The molecule has 0 saturated carbocycles. The van der Waals surface area contributed by atoms with Gasteiger partial charge < -0.3 is 14.2 Å². The van der Waals surface area contributed by atoms with Crippen molar-refractivity contribution in [3.63, 3.8) is 0 Å². The molecule has 6 heteroatoms. The monoisotopic (exact) mass is 731 g/mol. The lowest BCUT2D eigenvalue weighted by molar-refractivity contribution is -0.167. The van der Waals surface area contributed by atoms with Crippen molar-refractivity contribution in [3.05, 3.63) is 36.5 Å². The van der Waals surface area contributed by atoms with E-state index in [4.69, 9.17) is 14.2 Å². The van der Waals surface area contributed by atoms with Crippen LogP contribution in [0.25, 0.3) is 0 Å². The Morgan fingerprint density at radius 3 is 1.08 bits per heavy atom. The summed E-state index contributed by atoms with van der Waals surface area (Å²) in [6.45, 7) is 6.49. The lowest BCUT2D eigenvalue weighted by atomic mass is 10.1. The molecule has 1 atom stereocenters. The molecule has 0 saturated heterocycles. The van der Waals surface area contributed by atoms with Gasteiger partial charge in [0.05, 0.1) is 0 Å². The molecule has 0 aromatic rings. The quantitative estimate of drug-likeness (QED) is 0.0271. The van der Waals surface area contributed by atoms with Crippen molar-refractivity contribution in [2.24, 2.45) is 0 Å². The highest BCUT2D eigenvalue weighted by Crippen LogP contribution is 2.13. The summed E-state index contributed by atoms with van der Waals surface area (Å²) in [5.74, 6) is -0.908. The van der Waals surface area contributed by atoms with Gasteiger partial charge >= 0.3 is 17.9 Å². The second-order valence-corrected chi connectivity index (χ2v) is 14.6. The average Bonchev–Trinajstić information content (AvgIpc) is 3.14. The van der Waals surface area contributed by atoms with E-state index in [1.807, 2.05) is 0 Å². The zero-order chi connectivity index (χ0) is 38.0. The van der Waals surface area contributed by atoms with Crippen LogP contribution in [0.15, 0.2) is 36.5 Å². The van der Waals surface area contributed by atoms with Crippen LogP contribution in [0.1, 0.15) is 220 Å². The molecule has 0 bridgehead atoms. The lowest BCUT2D eigenvalue weighted by Crippen LogP contribution is -2.30. The summed E-state index contributed by atoms with van der Waals surface area (Å²) in [5.41, 5.74) is 0. The van der Waals surface area contributed by atoms with Crippen molar-refractivity contribution in [3.8, 4) is 0 Å². The number of unbranched alkanes of at least 4 members (excludes halogenated alkanes) is 22. The second kappa shape index (κ2) is 41.4. The summed E-state index contributed by atoms with van der Waals surface area (Å²) >= 11 is 0. The molecule has 0 rings (SSSR count). The fourth-order valence-electron chi connectivity index (χ4n) is 6.04. The molecule has 0 heterocycles. The fourth-order valence-corrected chi connectivity index (χ4v) is 6.04. The lowest BCUT2D eigenvalue weighted by Gasteiger charge is -2.18. The van der Waals surface area contributed by atoms with Gasteiger partial charge in [-0.15, -0.1) is 0 Å². The highest BCUT2D eigenvalue weighted by Gasteiger charge is 2.19. The van der Waals surface area contributed by atoms with Crippen molar-refractivity contribution >= 4 is 17.9 Å². The smallest absolute Gasteiger partial charge is 0.306 e. The minimum absolute atomic E-state index is 0.0763. The largest absolute Gasteiger partial charge is 0.462 e. The Balaban J connectivity index is 4.13. The van der Waals surface area contributed by atoms with Crippen molar-refractivity contribution in [2.45, 2.75) is 226 Å². The Morgan fingerprint density at radius 1 is 0.385 bits per heavy atom. The van der Waals surface area contributed by atoms with Crippen LogP contribution in [0, 0.1) is 0 Å². The number of hydrogen-bond acceptors (Lipinski definition) is 6. The Labute approximate surface area is 321 Å². The first kappa shape index (κ1) is 49.6. The van der Waals surface area contributed by atoms with Gasteiger partial charge in [-0.1, -0.05) is 179 Å². The van der Waals surface area contributed by atoms with E-state index in [1.54, 1.807) is 0 Å². The van der Waals surface area contributed by atoms with Gasteiger partial charge in [0.2, 0.25) is 0 Å². The van der Waals surface area contributed by atoms with E-state index in [2.05, 4.69) is 57.2 Å². The maximum absolute atomic E-state index is 12.6. The number of ether oxygens (including phenoxy) is 3. The average molecular weight is 731 g/mol. The van der Waals surface area contributed by atoms with Gasteiger partial charge in [-0.2, -0.15) is 0 Å². The summed E-state index contributed by atoms with van der Waals surface area (Å²) < 4.78 is 16.5.